The number of nitrogens with zero attached hydrogens (tertiary/aromatic N) is 2. The highest BCUT2D eigenvalue weighted by Gasteiger charge is 2.35. The van der Waals surface area contributed by atoms with E-state index in [1.165, 1.54) is 11.8 Å². The van der Waals surface area contributed by atoms with Crippen molar-refractivity contribution in [3.8, 4) is 5.75 Å². The Morgan fingerprint density at radius 2 is 1.93 bits per heavy atom. The minimum Gasteiger partial charge on any atom is -0.494 e. The maximum atomic E-state index is 12.6. The van der Waals surface area contributed by atoms with Gasteiger partial charge < -0.3 is 10.1 Å². The normalized spacial score (nSPS) is 18.4. The van der Waals surface area contributed by atoms with Crippen molar-refractivity contribution >= 4 is 40.1 Å². The summed E-state index contributed by atoms with van der Waals surface area (Å²) in [7, 11) is 1.58. The number of aliphatic imine (C=N–C) groups is 1. The molecule has 0 saturated carbocycles. The Labute approximate surface area is 162 Å². The minimum atomic E-state index is -0.533. The minimum absolute atomic E-state index is 0.113. The van der Waals surface area contributed by atoms with Crippen LogP contribution in [0.1, 0.15) is 13.3 Å². The Bertz CT molecular complexity index is 855. The summed E-state index contributed by atoms with van der Waals surface area (Å²) in [6.07, 6.45) is 0.141. The molecule has 2 amide bonds. The topological polar surface area (TPSA) is 71.0 Å². The molecule has 6 nitrogen and oxygen atoms in total. The first-order valence-corrected chi connectivity index (χ1v) is 9.55. The van der Waals surface area contributed by atoms with Gasteiger partial charge in [-0.25, -0.2) is 4.99 Å². The van der Waals surface area contributed by atoms with Crippen LogP contribution >= 0.6 is 11.8 Å². The molecule has 2 aromatic rings. The van der Waals surface area contributed by atoms with Gasteiger partial charge in [0.25, 0.3) is 0 Å². The quantitative estimate of drug-likeness (QED) is 0.855. The van der Waals surface area contributed by atoms with Crippen molar-refractivity contribution in [2.75, 3.05) is 19.0 Å². The van der Waals surface area contributed by atoms with Gasteiger partial charge in [0, 0.05) is 18.7 Å². The molecule has 140 valence electrons. The molecular weight excluding hydrogens is 362 g/mol. The van der Waals surface area contributed by atoms with Crippen molar-refractivity contribution < 1.29 is 14.3 Å². The highest BCUT2D eigenvalue weighted by molar-refractivity contribution is 8.15. The van der Waals surface area contributed by atoms with Crippen LogP contribution in [0.15, 0.2) is 59.6 Å². The van der Waals surface area contributed by atoms with Crippen LogP contribution in [-0.2, 0) is 9.59 Å². The highest BCUT2D eigenvalue weighted by Crippen LogP contribution is 2.33. The van der Waals surface area contributed by atoms with Crippen LogP contribution in [0, 0.1) is 0 Å². The number of nitrogens with one attached hydrogen (secondary N) is 1. The number of ether oxygens (including phenoxy) is 1. The van der Waals surface area contributed by atoms with Gasteiger partial charge in [0.1, 0.15) is 16.7 Å². The third kappa shape index (κ3) is 4.49. The molecule has 1 aliphatic rings. The lowest BCUT2D eigenvalue weighted by Crippen LogP contribution is -2.45. The molecule has 1 unspecified atom stereocenters. The average Bonchev–Trinajstić information content (AvgIpc) is 2.69. The van der Waals surface area contributed by atoms with Crippen molar-refractivity contribution in [2.24, 2.45) is 4.99 Å². The molecule has 27 heavy (non-hydrogen) atoms. The molecule has 0 spiro atoms. The Hall–Kier alpha value is -2.80. The van der Waals surface area contributed by atoms with Gasteiger partial charge in [0.15, 0.2) is 5.17 Å². The second-order valence-electron chi connectivity index (χ2n) is 5.87. The lowest BCUT2D eigenvalue weighted by molar-refractivity contribution is -0.129. The number of para-hydroxylation sites is 3. The van der Waals surface area contributed by atoms with E-state index in [4.69, 9.17) is 4.74 Å². The van der Waals surface area contributed by atoms with Crippen molar-refractivity contribution in [3.05, 3.63) is 54.6 Å². The van der Waals surface area contributed by atoms with Crippen molar-refractivity contribution in [3.63, 3.8) is 0 Å². The van der Waals surface area contributed by atoms with E-state index in [1.54, 1.807) is 12.0 Å². The number of benzene rings is 2. The van der Waals surface area contributed by atoms with Crippen LogP contribution in [0.4, 0.5) is 11.4 Å². The Morgan fingerprint density at radius 1 is 1.22 bits per heavy atom. The maximum absolute atomic E-state index is 12.6. The van der Waals surface area contributed by atoms with E-state index >= 15 is 0 Å². The monoisotopic (exact) mass is 383 g/mol. The molecule has 1 heterocycles. The second-order valence-corrected chi connectivity index (χ2v) is 7.04. The molecule has 1 atom stereocenters. The van der Waals surface area contributed by atoms with Gasteiger partial charge >= 0.3 is 0 Å². The number of rotatable bonds is 5. The molecule has 1 saturated heterocycles. The van der Waals surface area contributed by atoms with E-state index in [9.17, 15) is 9.59 Å². The van der Waals surface area contributed by atoms with E-state index in [0.29, 0.717) is 28.8 Å². The number of carbonyl (C=O) groups is 2. The molecule has 7 heteroatoms. The third-order valence-corrected chi connectivity index (χ3v) is 5.28. The number of methoxy groups -OCH3 is 1. The van der Waals surface area contributed by atoms with E-state index in [0.717, 1.165) is 0 Å². The van der Waals surface area contributed by atoms with Crippen molar-refractivity contribution in [2.45, 2.75) is 18.6 Å². The predicted molar refractivity (Wildman–Crippen MR) is 109 cm³/mol. The predicted octanol–water partition coefficient (Wildman–Crippen LogP) is 3.68. The van der Waals surface area contributed by atoms with Crippen LogP contribution in [0.25, 0.3) is 0 Å². The number of hydrogen-bond acceptors (Lipinski definition) is 5. The molecule has 3 rings (SSSR count). The first-order valence-electron chi connectivity index (χ1n) is 8.67. The zero-order valence-corrected chi connectivity index (χ0v) is 16.0. The van der Waals surface area contributed by atoms with Gasteiger partial charge in [-0.3, -0.25) is 14.5 Å². The van der Waals surface area contributed by atoms with Gasteiger partial charge in [-0.2, -0.15) is 0 Å². The highest BCUT2D eigenvalue weighted by atomic mass is 32.2. The number of thioether (sulfide) groups is 1. The Morgan fingerprint density at radius 3 is 2.63 bits per heavy atom. The van der Waals surface area contributed by atoms with Crippen LogP contribution in [0.2, 0.25) is 0 Å². The fourth-order valence-electron chi connectivity index (χ4n) is 2.72. The van der Waals surface area contributed by atoms with Crippen LogP contribution in [0.3, 0.4) is 0 Å². The number of amidine groups is 1. The zero-order chi connectivity index (χ0) is 19.2. The number of hydrogen-bond donors (Lipinski definition) is 1. The fraction of sp³-hybridized carbons (Fsp3) is 0.250. The van der Waals surface area contributed by atoms with Gasteiger partial charge in [0.2, 0.25) is 11.8 Å². The zero-order valence-electron chi connectivity index (χ0n) is 15.2. The van der Waals surface area contributed by atoms with E-state index < -0.39 is 5.25 Å². The molecule has 0 aromatic heterocycles. The second kappa shape index (κ2) is 8.73. The Balaban J connectivity index is 1.85. The SMILES string of the molecule is CCN1C(=O)CC(C(=O)Nc2ccccc2)SC1=Nc1ccccc1OC. The maximum Gasteiger partial charge on any atom is 0.238 e. The van der Waals surface area contributed by atoms with Crippen LogP contribution < -0.4 is 10.1 Å². The summed E-state index contributed by atoms with van der Waals surface area (Å²) in [6.45, 7) is 2.38. The van der Waals surface area contributed by atoms with E-state index in [1.807, 2.05) is 61.5 Å². The molecule has 1 aliphatic heterocycles. The van der Waals surface area contributed by atoms with E-state index in [2.05, 4.69) is 10.3 Å². The summed E-state index contributed by atoms with van der Waals surface area (Å²) in [5.41, 5.74) is 1.33. The van der Waals surface area contributed by atoms with Gasteiger partial charge in [-0.05, 0) is 31.2 Å². The standard InChI is InChI=1S/C20H21N3O3S/c1-3-23-18(24)13-17(19(25)21-14-9-5-4-6-10-14)27-20(23)22-15-11-7-8-12-16(15)26-2/h4-12,17H,3,13H2,1-2H3,(H,21,25). The molecule has 0 bridgehead atoms. The number of carbonyl (C=O) groups excluding carboxylic acids is 2. The summed E-state index contributed by atoms with van der Waals surface area (Å²) >= 11 is 1.30. The Kier molecular flexibility index (Phi) is 6.13. The third-order valence-electron chi connectivity index (χ3n) is 4.09. The lowest BCUT2D eigenvalue weighted by atomic mass is 10.2. The number of anilines is 1. The number of amides is 2. The molecule has 2 aromatic carbocycles. The summed E-state index contributed by atoms with van der Waals surface area (Å²) in [6, 6.07) is 16.5. The van der Waals surface area contributed by atoms with Crippen LogP contribution in [-0.4, -0.2) is 40.8 Å². The molecule has 0 aliphatic carbocycles. The molecule has 1 N–H and O–H groups in total. The molecule has 0 radical (unpaired) electrons. The lowest BCUT2D eigenvalue weighted by Gasteiger charge is -2.31. The van der Waals surface area contributed by atoms with E-state index in [-0.39, 0.29) is 18.2 Å². The van der Waals surface area contributed by atoms with Crippen LogP contribution in [0.5, 0.6) is 5.75 Å². The summed E-state index contributed by atoms with van der Waals surface area (Å²) < 4.78 is 5.34. The van der Waals surface area contributed by atoms with Gasteiger partial charge in [-0.15, -0.1) is 0 Å². The summed E-state index contributed by atoms with van der Waals surface area (Å²) in [4.78, 5) is 31.4. The van der Waals surface area contributed by atoms with Crippen molar-refractivity contribution in [1.82, 2.24) is 4.90 Å². The summed E-state index contributed by atoms with van der Waals surface area (Å²) in [5, 5.41) is 2.83. The van der Waals surface area contributed by atoms with Gasteiger partial charge in [0.05, 0.1) is 7.11 Å². The fourth-order valence-corrected chi connectivity index (χ4v) is 3.88. The molecule has 1 fully saturated rings. The molecular formula is C20H21N3O3S. The van der Waals surface area contributed by atoms with Gasteiger partial charge in [-0.1, -0.05) is 42.1 Å². The van der Waals surface area contributed by atoms with Crippen molar-refractivity contribution in [1.29, 1.82) is 0 Å². The first-order chi connectivity index (χ1) is 13.1. The first kappa shape index (κ1) is 19.0. The smallest absolute Gasteiger partial charge is 0.238 e. The summed E-state index contributed by atoms with van der Waals surface area (Å²) in [5.74, 6) is 0.297. The largest absolute Gasteiger partial charge is 0.494 e. The average molecular weight is 383 g/mol.